The summed E-state index contributed by atoms with van der Waals surface area (Å²) >= 11 is 6.19. The summed E-state index contributed by atoms with van der Waals surface area (Å²) in [5.41, 5.74) is 1.02. The summed E-state index contributed by atoms with van der Waals surface area (Å²) < 4.78 is 11.4. The molecule has 0 amide bonds. The Hall–Kier alpha value is -0.840. The average Bonchev–Trinajstić information content (AvgIpc) is 2.48. The highest BCUT2D eigenvalue weighted by Gasteiger charge is 2.23. The standard InChI is InChI=1S/C16H25ClN2O2/c1-11(2)18-9-12-7-16(19-10-15(12)17)21-14-6-4-5-13(8-14)20-3/h7,10-11,13-14,18H,4-6,8-9H2,1-3H3. The van der Waals surface area contributed by atoms with Crippen LogP contribution in [0.5, 0.6) is 5.88 Å². The zero-order valence-corrected chi connectivity index (χ0v) is 13.8. The van der Waals surface area contributed by atoms with Gasteiger partial charge in [-0.2, -0.15) is 0 Å². The van der Waals surface area contributed by atoms with E-state index in [1.807, 2.05) is 6.07 Å². The summed E-state index contributed by atoms with van der Waals surface area (Å²) in [6, 6.07) is 2.35. The number of aromatic nitrogens is 1. The number of rotatable bonds is 6. The quantitative estimate of drug-likeness (QED) is 0.872. The van der Waals surface area contributed by atoms with E-state index in [9.17, 15) is 0 Å². The molecule has 21 heavy (non-hydrogen) atoms. The number of ether oxygens (including phenoxy) is 2. The molecule has 1 heterocycles. The zero-order chi connectivity index (χ0) is 15.2. The fourth-order valence-electron chi connectivity index (χ4n) is 2.57. The van der Waals surface area contributed by atoms with Crippen molar-refractivity contribution >= 4 is 11.6 Å². The highest BCUT2D eigenvalue weighted by Crippen LogP contribution is 2.26. The molecule has 5 heteroatoms. The summed E-state index contributed by atoms with van der Waals surface area (Å²) in [7, 11) is 1.77. The topological polar surface area (TPSA) is 43.4 Å². The Morgan fingerprint density at radius 3 is 2.86 bits per heavy atom. The minimum Gasteiger partial charge on any atom is -0.474 e. The van der Waals surface area contributed by atoms with Gasteiger partial charge in [-0.1, -0.05) is 25.4 Å². The molecule has 1 aliphatic carbocycles. The predicted octanol–water partition coefficient (Wildman–Crippen LogP) is 3.57. The summed E-state index contributed by atoms with van der Waals surface area (Å²) in [6.07, 6.45) is 6.41. The van der Waals surface area contributed by atoms with Crippen LogP contribution in [0.2, 0.25) is 5.02 Å². The van der Waals surface area contributed by atoms with Crippen molar-refractivity contribution in [1.29, 1.82) is 0 Å². The van der Waals surface area contributed by atoms with Crippen molar-refractivity contribution in [3.63, 3.8) is 0 Å². The van der Waals surface area contributed by atoms with Gasteiger partial charge in [0.2, 0.25) is 5.88 Å². The number of hydrogen-bond acceptors (Lipinski definition) is 4. The van der Waals surface area contributed by atoms with Gasteiger partial charge < -0.3 is 14.8 Å². The molecule has 4 nitrogen and oxygen atoms in total. The molecule has 1 fully saturated rings. The number of nitrogens with one attached hydrogen (secondary N) is 1. The Kier molecular flexibility index (Phi) is 6.27. The van der Waals surface area contributed by atoms with Crippen LogP contribution in [0.25, 0.3) is 0 Å². The molecule has 2 rings (SSSR count). The molecule has 0 radical (unpaired) electrons. The molecule has 2 unspecified atom stereocenters. The van der Waals surface area contributed by atoms with E-state index < -0.39 is 0 Å². The molecule has 118 valence electrons. The summed E-state index contributed by atoms with van der Waals surface area (Å²) in [5.74, 6) is 0.654. The van der Waals surface area contributed by atoms with Crippen molar-refractivity contribution in [2.75, 3.05) is 7.11 Å². The maximum atomic E-state index is 6.19. The molecule has 1 N–H and O–H groups in total. The van der Waals surface area contributed by atoms with Gasteiger partial charge in [0.1, 0.15) is 6.10 Å². The summed E-state index contributed by atoms with van der Waals surface area (Å²) in [6.45, 7) is 4.94. The number of methoxy groups -OCH3 is 1. The van der Waals surface area contributed by atoms with Crippen LogP contribution in [-0.4, -0.2) is 30.3 Å². The lowest BCUT2D eigenvalue weighted by Gasteiger charge is -2.28. The SMILES string of the molecule is COC1CCCC(Oc2cc(CNC(C)C)c(Cl)cn2)C1. The molecular formula is C16H25ClN2O2. The molecule has 1 aromatic rings. The van der Waals surface area contributed by atoms with E-state index in [-0.39, 0.29) is 6.10 Å². The fraction of sp³-hybridized carbons (Fsp3) is 0.688. The molecule has 1 aliphatic rings. The Bertz CT molecular complexity index is 454. The zero-order valence-electron chi connectivity index (χ0n) is 13.1. The van der Waals surface area contributed by atoms with Crippen molar-refractivity contribution < 1.29 is 9.47 Å². The van der Waals surface area contributed by atoms with Gasteiger partial charge in [0.25, 0.3) is 0 Å². The third kappa shape index (κ3) is 5.13. The van der Waals surface area contributed by atoms with Gasteiger partial charge in [-0.25, -0.2) is 4.98 Å². The van der Waals surface area contributed by atoms with E-state index in [4.69, 9.17) is 21.1 Å². The second-order valence-electron chi connectivity index (χ2n) is 5.91. The first-order valence-electron chi connectivity index (χ1n) is 7.65. The second kappa shape index (κ2) is 7.97. The van der Waals surface area contributed by atoms with Crippen LogP contribution in [0.3, 0.4) is 0 Å². The maximum absolute atomic E-state index is 6.19. The third-order valence-corrected chi connectivity index (χ3v) is 4.15. The third-order valence-electron chi connectivity index (χ3n) is 3.81. The van der Waals surface area contributed by atoms with Crippen LogP contribution in [0.15, 0.2) is 12.3 Å². The monoisotopic (exact) mass is 312 g/mol. The van der Waals surface area contributed by atoms with Crippen LogP contribution in [0, 0.1) is 0 Å². The van der Waals surface area contributed by atoms with Gasteiger partial charge >= 0.3 is 0 Å². The van der Waals surface area contributed by atoms with Crippen molar-refractivity contribution in [2.24, 2.45) is 0 Å². The average molecular weight is 313 g/mol. The first kappa shape index (κ1) is 16.5. The molecule has 0 spiro atoms. The van der Waals surface area contributed by atoms with Gasteiger partial charge in [0.15, 0.2) is 0 Å². The van der Waals surface area contributed by atoms with Crippen molar-refractivity contribution in [3.8, 4) is 5.88 Å². The van der Waals surface area contributed by atoms with E-state index in [2.05, 4.69) is 24.1 Å². The molecule has 0 saturated heterocycles. The molecule has 1 aromatic heterocycles. The minimum absolute atomic E-state index is 0.184. The molecule has 2 atom stereocenters. The Morgan fingerprint density at radius 2 is 2.14 bits per heavy atom. The molecule has 0 aliphatic heterocycles. The first-order valence-corrected chi connectivity index (χ1v) is 8.03. The highest BCUT2D eigenvalue weighted by molar-refractivity contribution is 6.31. The molecule has 0 aromatic carbocycles. The lowest BCUT2D eigenvalue weighted by molar-refractivity contribution is 0.0195. The van der Waals surface area contributed by atoms with E-state index in [1.165, 1.54) is 0 Å². The van der Waals surface area contributed by atoms with Crippen LogP contribution in [0.4, 0.5) is 0 Å². The van der Waals surface area contributed by atoms with Crippen LogP contribution < -0.4 is 10.1 Å². The summed E-state index contributed by atoms with van der Waals surface area (Å²) in [5, 5.41) is 4.04. The minimum atomic E-state index is 0.184. The molecule has 1 saturated carbocycles. The van der Waals surface area contributed by atoms with Crippen LogP contribution >= 0.6 is 11.6 Å². The van der Waals surface area contributed by atoms with Crippen LogP contribution in [0.1, 0.15) is 45.1 Å². The van der Waals surface area contributed by atoms with Gasteiger partial charge in [0.05, 0.1) is 11.1 Å². The second-order valence-corrected chi connectivity index (χ2v) is 6.32. The number of pyridine rings is 1. The van der Waals surface area contributed by atoms with Crippen LogP contribution in [-0.2, 0) is 11.3 Å². The molecule has 0 bridgehead atoms. The largest absolute Gasteiger partial charge is 0.474 e. The van der Waals surface area contributed by atoms with Crippen molar-refractivity contribution in [1.82, 2.24) is 10.3 Å². The number of hydrogen-bond donors (Lipinski definition) is 1. The van der Waals surface area contributed by atoms with E-state index >= 15 is 0 Å². The Morgan fingerprint density at radius 1 is 1.38 bits per heavy atom. The van der Waals surface area contributed by atoms with Gasteiger partial charge in [-0.05, 0) is 24.8 Å². The Labute approximate surface area is 132 Å². The lowest BCUT2D eigenvalue weighted by atomic mass is 9.95. The maximum Gasteiger partial charge on any atom is 0.213 e. The van der Waals surface area contributed by atoms with Crippen molar-refractivity contribution in [2.45, 2.75) is 64.3 Å². The fourth-order valence-corrected chi connectivity index (χ4v) is 2.74. The highest BCUT2D eigenvalue weighted by atomic mass is 35.5. The molecular weight excluding hydrogens is 288 g/mol. The van der Waals surface area contributed by atoms with E-state index in [1.54, 1.807) is 13.3 Å². The Balaban J connectivity index is 1.98. The van der Waals surface area contributed by atoms with Gasteiger partial charge in [-0.3, -0.25) is 0 Å². The smallest absolute Gasteiger partial charge is 0.213 e. The summed E-state index contributed by atoms with van der Waals surface area (Å²) in [4.78, 5) is 4.29. The van der Waals surface area contributed by atoms with Crippen molar-refractivity contribution in [3.05, 3.63) is 22.8 Å². The van der Waals surface area contributed by atoms with E-state index in [0.29, 0.717) is 23.0 Å². The lowest BCUT2D eigenvalue weighted by Crippen LogP contribution is -2.29. The number of nitrogens with zero attached hydrogens (tertiary/aromatic N) is 1. The first-order chi connectivity index (χ1) is 10.1. The van der Waals surface area contributed by atoms with Gasteiger partial charge in [-0.15, -0.1) is 0 Å². The van der Waals surface area contributed by atoms with Gasteiger partial charge in [0, 0.05) is 38.4 Å². The normalized spacial score (nSPS) is 22.5. The van der Waals surface area contributed by atoms with E-state index in [0.717, 1.165) is 37.8 Å². The number of halogens is 1. The predicted molar refractivity (Wildman–Crippen MR) is 84.9 cm³/mol.